The molecule has 0 aromatic rings. The Hall–Kier alpha value is 0.394. The average molecular weight is 245 g/mol. The van der Waals surface area contributed by atoms with Gasteiger partial charge in [-0.15, -0.1) is 0 Å². The highest BCUT2D eigenvalue weighted by molar-refractivity contribution is 7.39. The van der Waals surface area contributed by atoms with Gasteiger partial charge in [0.2, 0.25) is 0 Å². The molecule has 3 heteroatoms. The fourth-order valence-electron chi connectivity index (χ4n) is 3.37. The molecule has 0 bridgehead atoms. The quantitative estimate of drug-likeness (QED) is 0.671. The molecule has 0 radical (unpaired) electrons. The second-order valence-corrected chi connectivity index (χ2v) is 20.1. The third-order valence-corrected chi connectivity index (χ3v) is 24.3. The van der Waals surface area contributed by atoms with E-state index in [1.54, 1.807) is 0 Å². The van der Waals surface area contributed by atoms with Crippen LogP contribution in [0.1, 0.15) is 41.0 Å². The lowest BCUT2D eigenvalue weighted by Crippen LogP contribution is -2.67. The number of hydrogen-bond acceptors (Lipinski definition) is 1. The van der Waals surface area contributed by atoms with Gasteiger partial charge in [0.25, 0.3) is 0 Å². The minimum atomic E-state index is -1.39. The van der Waals surface area contributed by atoms with Crippen LogP contribution in [0.3, 0.4) is 0 Å². The second-order valence-electron chi connectivity index (χ2n) is 5.93. The molecule has 0 N–H and O–H groups in total. The van der Waals surface area contributed by atoms with E-state index in [1.165, 1.54) is 30.6 Å². The van der Waals surface area contributed by atoms with Crippen molar-refractivity contribution in [3.8, 4) is 0 Å². The van der Waals surface area contributed by atoms with E-state index in [-0.39, 0.29) is 5.60 Å². The van der Waals surface area contributed by atoms with Gasteiger partial charge in [-0.1, -0.05) is 38.9 Å². The van der Waals surface area contributed by atoms with E-state index in [2.05, 4.69) is 41.2 Å². The van der Waals surface area contributed by atoms with E-state index in [1.807, 2.05) is 0 Å². The molecule has 1 saturated heterocycles. The maximum absolute atomic E-state index is 6.61. The summed E-state index contributed by atoms with van der Waals surface area (Å²) in [6.07, 6.45) is 1.30. The Bertz CT molecular complexity index is 224. The van der Waals surface area contributed by atoms with Crippen molar-refractivity contribution in [3.05, 3.63) is 0 Å². The van der Waals surface area contributed by atoms with E-state index in [4.69, 9.17) is 4.43 Å². The van der Waals surface area contributed by atoms with Crippen LogP contribution in [0.15, 0.2) is 0 Å². The van der Waals surface area contributed by atoms with Crippen molar-refractivity contribution >= 4 is 15.4 Å². The molecule has 1 atom stereocenters. The van der Waals surface area contributed by atoms with Gasteiger partial charge in [0, 0.05) is 0 Å². The molecule has 0 amide bonds. The number of hydrogen-bond donors (Lipinski definition) is 0. The first-order valence-electron chi connectivity index (χ1n) is 6.55. The summed E-state index contributed by atoms with van der Waals surface area (Å²) < 4.78 is 6.61. The fraction of sp³-hybridized carbons (Fsp3) is 1.00. The van der Waals surface area contributed by atoms with Crippen LogP contribution in [0.4, 0.5) is 0 Å². The van der Waals surface area contributed by atoms with E-state index in [0.29, 0.717) is 0 Å². The van der Waals surface area contributed by atoms with E-state index < -0.39 is 15.4 Å². The van der Waals surface area contributed by atoms with Crippen molar-refractivity contribution < 1.29 is 4.43 Å². The van der Waals surface area contributed by atoms with Gasteiger partial charge in [0.15, 0.2) is 7.83 Å². The Morgan fingerprint density at radius 3 is 2.00 bits per heavy atom. The number of rotatable bonds is 3. The van der Waals surface area contributed by atoms with E-state index in [9.17, 15) is 0 Å². The monoisotopic (exact) mass is 244 g/mol. The molecular formula is C12H28OSi2. The largest absolute Gasteiger partial charge is 0.415 e. The van der Waals surface area contributed by atoms with Crippen molar-refractivity contribution in [3.63, 3.8) is 0 Å². The predicted octanol–water partition coefficient (Wildman–Crippen LogP) is 4.35. The molecule has 90 valence electrons. The van der Waals surface area contributed by atoms with Crippen LogP contribution in [-0.4, -0.2) is 21.0 Å². The smallest absolute Gasteiger partial charge is 0.177 e. The lowest BCUT2D eigenvalue weighted by molar-refractivity contribution is 0.0911. The lowest BCUT2D eigenvalue weighted by atomic mass is 10.1. The summed E-state index contributed by atoms with van der Waals surface area (Å²) >= 11 is 0. The van der Waals surface area contributed by atoms with Crippen LogP contribution in [0.2, 0.25) is 30.7 Å². The molecule has 0 aliphatic carbocycles. The maximum atomic E-state index is 6.61. The Balaban J connectivity index is 3.00. The molecule has 0 aromatic heterocycles. The third-order valence-electron chi connectivity index (χ3n) is 4.86. The molecule has 0 saturated carbocycles. The molecule has 0 aromatic carbocycles. The highest BCUT2D eigenvalue weighted by atomic mass is 29.3. The Morgan fingerprint density at radius 2 is 1.60 bits per heavy atom. The fourth-order valence-corrected chi connectivity index (χ4v) is 20.3. The molecule has 1 aliphatic rings. The Labute approximate surface area is 97.5 Å². The zero-order valence-electron chi connectivity index (χ0n) is 11.4. The lowest BCUT2D eigenvalue weighted by Gasteiger charge is -2.53. The summed E-state index contributed by atoms with van der Waals surface area (Å²) in [7, 11) is -2.44. The average Bonchev–Trinajstić information content (AvgIpc) is 2.18. The molecule has 1 fully saturated rings. The van der Waals surface area contributed by atoms with E-state index >= 15 is 0 Å². The van der Waals surface area contributed by atoms with Gasteiger partial charge in [-0.3, -0.25) is 0 Å². The van der Waals surface area contributed by atoms with Gasteiger partial charge in [-0.05, 0) is 32.9 Å². The zero-order valence-corrected chi connectivity index (χ0v) is 13.4. The molecule has 1 unspecified atom stereocenters. The Kier molecular flexibility index (Phi) is 3.89. The van der Waals surface area contributed by atoms with Crippen LogP contribution in [-0.2, 0) is 4.43 Å². The first-order chi connectivity index (χ1) is 6.85. The molecule has 1 nitrogen and oxygen atoms in total. The van der Waals surface area contributed by atoms with Crippen LogP contribution >= 0.6 is 0 Å². The highest BCUT2D eigenvalue weighted by Crippen LogP contribution is 2.44. The molecule has 15 heavy (non-hydrogen) atoms. The van der Waals surface area contributed by atoms with Gasteiger partial charge < -0.3 is 4.43 Å². The van der Waals surface area contributed by atoms with Gasteiger partial charge in [0.1, 0.15) is 0 Å². The molecular weight excluding hydrogens is 216 g/mol. The summed E-state index contributed by atoms with van der Waals surface area (Å²) in [5.74, 6) is 0. The second kappa shape index (κ2) is 4.34. The summed E-state index contributed by atoms with van der Waals surface area (Å²) in [4.78, 5) is 0. The summed E-state index contributed by atoms with van der Waals surface area (Å²) in [6.45, 7) is 14.3. The third kappa shape index (κ3) is 2.24. The SMILES string of the molecule is CC[Si]1(CC)CCC(C)(C)O[Si]1(C)CC. The Morgan fingerprint density at radius 1 is 1.07 bits per heavy atom. The zero-order chi connectivity index (χ0) is 11.7. The first-order valence-corrected chi connectivity index (χ1v) is 12.8. The maximum Gasteiger partial charge on any atom is 0.177 e. The van der Waals surface area contributed by atoms with Crippen molar-refractivity contribution in [2.45, 2.75) is 77.4 Å². The van der Waals surface area contributed by atoms with Gasteiger partial charge in [0.05, 0.1) is 13.2 Å². The highest BCUT2D eigenvalue weighted by Gasteiger charge is 2.55. The molecule has 1 heterocycles. The predicted molar refractivity (Wildman–Crippen MR) is 73.4 cm³/mol. The minimum absolute atomic E-state index is 0.165. The van der Waals surface area contributed by atoms with Gasteiger partial charge >= 0.3 is 0 Å². The van der Waals surface area contributed by atoms with Crippen molar-refractivity contribution in [1.82, 2.24) is 0 Å². The van der Waals surface area contributed by atoms with Gasteiger partial charge in [-0.2, -0.15) is 0 Å². The van der Waals surface area contributed by atoms with Crippen LogP contribution in [0, 0.1) is 0 Å². The topological polar surface area (TPSA) is 9.23 Å². The van der Waals surface area contributed by atoms with Gasteiger partial charge in [-0.25, -0.2) is 0 Å². The molecule has 1 aliphatic heterocycles. The minimum Gasteiger partial charge on any atom is -0.415 e. The molecule has 1 rings (SSSR count). The summed E-state index contributed by atoms with van der Waals surface area (Å²) in [6, 6.07) is 5.72. The van der Waals surface area contributed by atoms with Crippen molar-refractivity contribution in [2.75, 3.05) is 0 Å². The van der Waals surface area contributed by atoms with Crippen molar-refractivity contribution in [2.24, 2.45) is 0 Å². The standard InChI is InChI=1S/C12H28OSi2/c1-7-14(6)13-12(4,5)10-11-15(14,8-2)9-3/h7-11H2,1-6H3. The summed E-state index contributed by atoms with van der Waals surface area (Å²) in [5, 5.41) is 0. The van der Waals surface area contributed by atoms with E-state index in [0.717, 1.165) is 0 Å². The first kappa shape index (κ1) is 13.5. The normalized spacial score (nSPS) is 34.0. The van der Waals surface area contributed by atoms with Crippen LogP contribution < -0.4 is 0 Å². The summed E-state index contributed by atoms with van der Waals surface area (Å²) in [5.41, 5.74) is 0.165. The molecule has 0 spiro atoms. The van der Waals surface area contributed by atoms with Crippen LogP contribution in [0.25, 0.3) is 0 Å². The van der Waals surface area contributed by atoms with Crippen LogP contribution in [0.5, 0.6) is 0 Å². The van der Waals surface area contributed by atoms with Crippen molar-refractivity contribution in [1.29, 1.82) is 0 Å².